The highest BCUT2D eigenvalue weighted by molar-refractivity contribution is 5.78. The van der Waals surface area contributed by atoms with Crippen molar-refractivity contribution in [2.24, 2.45) is 0 Å². The van der Waals surface area contributed by atoms with Gasteiger partial charge in [-0.15, -0.1) is 0 Å². The Morgan fingerprint density at radius 1 is 1.10 bits per heavy atom. The van der Waals surface area contributed by atoms with Crippen LogP contribution in [0.25, 0.3) is 0 Å². The van der Waals surface area contributed by atoms with Gasteiger partial charge in [-0.1, -0.05) is 62.4 Å². The molecule has 1 aromatic carbocycles. The number of amides is 1. The van der Waals surface area contributed by atoms with Crippen molar-refractivity contribution in [3.63, 3.8) is 0 Å². The first-order valence-electron chi connectivity index (χ1n) is 8.33. The summed E-state index contributed by atoms with van der Waals surface area (Å²) in [7, 11) is 0. The monoisotopic (exact) mass is 288 g/mol. The zero-order valence-electron chi connectivity index (χ0n) is 13.1. The summed E-state index contributed by atoms with van der Waals surface area (Å²) in [5.74, 6) is 0.128. The van der Waals surface area contributed by atoms with E-state index in [2.05, 4.69) is 29.7 Å². The average molecular weight is 288 g/mol. The van der Waals surface area contributed by atoms with Gasteiger partial charge >= 0.3 is 0 Å². The fourth-order valence-corrected chi connectivity index (χ4v) is 2.98. The van der Waals surface area contributed by atoms with E-state index in [0.717, 1.165) is 12.8 Å². The largest absolute Gasteiger partial charge is 0.352 e. The molecule has 21 heavy (non-hydrogen) atoms. The summed E-state index contributed by atoms with van der Waals surface area (Å²) in [4.78, 5) is 12.1. The van der Waals surface area contributed by atoms with Gasteiger partial charge in [-0.05, 0) is 25.3 Å². The molecule has 0 saturated heterocycles. The maximum atomic E-state index is 12.1. The molecule has 0 radical (unpaired) electrons. The highest BCUT2D eigenvalue weighted by Gasteiger charge is 2.14. The molecule has 0 aliphatic heterocycles. The third-order valence-electron chi connectivity index (χ3n) is 4.34. The van der Waals surface area contributed by atoms with Crippen molar-refractivity contribution in [3.05, 3.63) is 35.9 Å². The molecule has 1 fully saturated rings. The van der Waals surface area contributed by atoms with Crippen molar-refractivity contribution < 1.29 is 4.79 Å². The molecule has 1 aromatic rings. The summed E-state index contributed by atoms with van der Waals surface area (Å²) < 4.78 is 0. The maximum Gasteiger partial charge on any atom is 0.234 e. The Morgan fingerprint density at radius 3 is 2.38 bits per heavy atom. The van der Waals surface area contributed by atoms with Gasteiger partial charge < -0.3 is 10.6 Å². The average Bonchev–Trinajstić information content (AvgIpc) is 2.48. The van der Waals surface area contributed by atoms with Crippen LogP contribution in [0.2, 0.25) is 0 Å². The van der Waals surface area contributed by atoms with Crippen LogP contribution in [-0.4, -0.2) is 18.5 Å². The van der Waals surface area contributed by atoms with E-state index in [4.69, 9.17) is 0 Å². The Labute approximate surface area is 128 Å². The normalized spacial score (nSPS) is 18.5. The van der Waals surface area contributed by atoms with E-state index >= 15 is 0 Å². The van der Waals surface area contributed by atoms with Gasteiger partial charge in [-0.3, -0.25) is 4.79 Å². The van der Waals surface area contributed by atoms with Crippen LogP contribution in [-0.2, 0) is 4.79 Å². The van der Waals surface area contributed by atoms with Crippen LogP contribution in [0.3, 0.4) is 0 Å². The molecule has 0 spiro atoms. The lowest BCUT2D eigenvalue weighted by atomic mass is 9.97. The van der Waals surface area contributed by atoms with Crippen LogP contribution < -0.4 is 10.6 Å². The van der Waals surface area contributed by atoms with E-state index in [9.17, 15) is 4.79 Å². The van der Waals surface area contributed by atoms with E-state index in [0.29, 0.717) is 12.6 Å². The highest BCUT2D eigenvalue weighted by atomic mass is 16.1. The summed E-state index contributed by atoms with van der Waals surface area (Å²) in [5, 5.41) is 6.50. The molecule has 0 heterocycles. The predicted molar refractivity (Wildman–Crippen MR) is 87.1 cm³/mol. The summed E-state index contributed by atoms with van der Waals surface area (Å²) in [5.41, 5.74) is 1.22. The molecule has 3 nitrogen and oxygen atoms in total. The quantitative estimate of drug-likeness (QED) is 0.869. The Balaban J connectivity index is 1.71. The van der Waals surface area contributed by atoms with Crippen molar-refractivity contribution in [2.75, 3.05) is 6.54 Å². The highest BCUT2D eigenvalue weighted by Crippen LogP contribution is 2.17. The molecule has 1 aliphatic carbocycles. The van der Waals surface area contributed by atoms with Gasteiger partial charge in [-0.25, -0.2) is 0 Å². The van der Waals surface area contributed by atoms with Crippen LogP contribution in [0, 0.1) is 0 Å². The fourth-order valence-electron chi connectivity index (χ4n) is 2.98. The molecule has 2 N–H and O–H groups in total. The molecule has 1 atom stereocenters. The first-order chi connectivity index (χ1) is 10.3. The SMILES string of the molecule is C[C@H](NCC(=O)NC1CCCCCCC1)c1ccccc1. The third kappa shape index (κ3) is 5.88. The predicted octanol–water partition coefficient (Wildman–Crippen LogP) is 3.57. The Bertz CT molecular complexity index is 410. The van der Waals surface area contributed by atoms with Gasteiger partial charge in [0.05, 0.1) is 6.54 Å². The number of rotatable bonds is 5. The molecular weight excluding hydrogens is 260 g/mol. The van der Waals surface area contributed by atoms with E-state index in [1.807, 2.05) is 18.2 Å². The van der Waals surface area contributed by atoms with Crippen molar-refractivity contribution >= 4 is 5.91 Å². The Kier molecular flexibility index (Phi) is 6.74. The van der Waals surface area contributed by atoms with Gasteiger partial charge in [0, 0.05) is 12.1 Å². The second-order valence-corrected chi connectivity index (χ2v) is 6.12. The van der Waals surface area contributed by atoms with Gasteiger partial charge in [-0.2, -0.15) is 0 Å². The molecule has 2 rings (SSSR count). The molecule has 0 unspecified atom stereocenters. The summed E-state index contributed by atoms with van der Waals surface area (Å²) >= 11 is 0. The maximum absolute atomic E-state index is 12.1. The number of carbonyl (C=O) groups is 1. The minimum Gasteiger partial charge on any atom is -0.352 e. The van der Waals surface area contributed by atoms with Crippen LogP contribution in [0.1, 0.15) is 63.5 Å². The van der Waals surface area contributed by atoms with Gasteiger partial charge in [0.1, 0.15) is 0 Å². The van der Waals surface area contributed by atoms with Crippen molar-refractivity contribution in [1.29, 1.82) is 0 Å². The van der Waals surface area contributed by atoms with Gasteiger partial charge in [0.2, 0.25) is 5.91 Å². The van der Waals surface area contributed by atoms with Crippen LogP contribution in [0.4, 0.5) is 0 Å². The number of hydrogen-bond acceptors (Lipinski definition) is 2. The lowest BCUT2D eigenvalue weighted by molar-refractivity contribution is -0.121. The molecular formula is C18H28N2O. The molecule has 1 amide bonds. The minimum absolute atomic E-state index is 0.128. The number of hydrogen-bond donors (Lipinski definition) is 2. The van der Waals surface area contributed by atoms with Crippen LogP contribution in [0.5, 0.6) is 0 Å². The lowest BCUT2D eigenvalue weighted by Crippen LogP contribution is -2.41. The molecule has 3 heteroatoms. The first kappa shape index (κ1) is 16.0. The standard InChI is InChI=1S/C18H28N2O/c1-15(16-10-6-5-7-11-16)19-14-18(21)20-17-12-8-3-2-4-9-13-17/h5-7,10-11,15,17,19H,2-4,8-9,12-14H2,1H3,(H,20,21)/t15-/m0/s1. The first-order valence-corrected chi connectivity index (χ1v) is 8.33. The third-order valence-corrected chi connectivity index (χ3v) is 4.34. The zero-order chi connectivity index (χ0) is 14.9. The number of carbonyl (C=O) groups excluding carboxylic acids is 1. The van der Waals surface area contributed by atoms with Gasteiger partial charge in [0.15, 0.2) is 0 Å². The van der Waals surface area contributed by atoms with Crippen LogP contribution >= 0.6 is 0 Å². The number of benzene rings is 1. The molecule has 116 valence electrons. The van der Waals surface area contributed by atoms with Crippen LogP contribution in [0.15, 0.2) is 30.3 Å². The second kappa shape index (κ2) is 8.83. The molecule has 1 saturated carbocycles. The molecule has 0 aromatic heterocycles. The Morgan fingerprint density at radius 2 is 1.71 bits per heavy atom. The van der Waals surface area contributed by atoms with E-state index in [1.54, 1.807) is 0 Å². The van der Waals surface area contributed by atoms with E-state index < -0.39 is 0 Å². The second-order valence-electron chi connectivity index (χ2n) is 6.12. The summed E-state index contributed by atoms with van der Waals surface area (Å²) in [6, 6.07) is 10.8. The minimum atomic E-state index is 0.128. The molecule has 0 bridgehead atoms. The number of nitrogens with one attached hydrogen (secondary N) is 2. The van der Waals surface area contributed by atoms with Gasteiger partial charge in [0.25, 0.3) is 0 Å². The van der Waals surface area contributed by atoms with E-state index in [1.165, 1.54) is 37.7 Å². The van der Waals surface area contributed by atoms with E-state index in [-0.39, 0.29) is 11.9 Å². The van der Waals surface area contributed by atoms with Crippen molar-refractivity contribution in [2.45, 2.75) is 64.0 Å². The smallest absolute Gasteiger partial charge is 0.234 e. The van der Waals surface area contributed by atoms with Crippen molar-refractivity contribution in [3.8, 4) is 0 Å². The Hall–Kier alpha value is -1.35. The summed E-state index contributed by atoms with van der Waals surface area (Å²) in [6.07, 6.45) is 8.76. The summed E-state index contributed by atoms with van der Waals surface area (Å²) in [6.45, 7) is 2.49. The topological polar surface area (TPSA) is 41.1 Å². The zero-order valence-corrected chi connectivity index (χ0v) is 13.1. The van der Waals surface area contributed by atoms with Crippen molar-refractivity contribution in [1.82, 2.24) is 10.6 Å². The molecule has 1 aliphatic rings. The fraction of sp³-hybridized carbons (Fsp3) is 0.611. The lowest BCUT2D eigenvalue weighted by Gasteiger charge is -2.22.